The molecule has 1 aromatic carbocycles. The van der Waals surface area contributed by atoms with Crippen LogP contribution in [-0.4, -0.2) is 38.4 Å². The number of hydrogen-bond acceptors (Lipinski definition) is 6. The maximum atomic E-state index is 13.2. The van der Waals surface area contributed by atoms with Crippen LogP contribution in [0.1, 0.15) is 35.4 Å². The first-order valence-corrected chi connectivity index (χ1v) is 11.2. The summed E-state index contributed by atoms with van der Waals surface area (Å²) in [6.45, 7) is -2.78. The summed E-state index contributed by atoms with van der Waals surface area (Å²) in [4.78, 5) is 21.5. The van der Waals surface area contributed by atoms with Crippen molar-refractivity contribution in [2.45, 2.75) is 32.5 Å². The molecule has 0 bridgehead atoms. The number of carbonyl (C=O) groups excluding carboxylic acids is 1. The minimum absolute atomic E-state index is 0.0437. The van der Waals surface area contributed by atoms with Crippen LogP contribution in [0.15, 0.2) is 49.1 Å². The van der Waals surface area contributed by atoms with Gasteiger partial charge in [0, 0.05) is 43.7 Å². The Morgan fingerprint density at radius 1 is 1.17 bits per heavy atom. The van der Waals surface area contributed by atoms with E-state index in [9.17, 15) is 13.6 Å². The molecule has 0 atom stereocenters. The van der Waals surface area contributed by atoms with Crippen molar-refractivity contribution in [3.8, 4) is 28.5 Å². The van der Waals surface area contributed by atoms with Crippen LogP contribution in [0.2, 0.25) is 0 Å². The third-order valence-electron chi connectivity index (χ3n) is 6.02. The Kier molecular flexibility index (Phi) is 6.10. The molecular formula is C25H24F2N4O4. The second kappa shape index (κ2) is 9.36. The Hall–Kier alpha value is -3.95. The molecule has 8 nitrogen and oxygen atoms in total. The molecule has 0 spiro atoms. The number of Topliss-reactive ketones (excluding diaryl/α,β-unsaturated/α-hetero) is 1. The fraction of sp³-hybridized carbons (Fsp3) is 0.320. The Balaban J connectivity index is 1.48. The number of halogens is 2. The van der Waals surface area contributed by atoms with Crippen LogP contribution in [0.5, 0.6) is 17.2 Å². The molecule has 0 radical (unpaired) electrons. The fourth-order valence-corrected chi connectivity index (χ4v) is 4.00. The molecule has 4 aromatic rings. The average Bonchev–Trinajstić information content (AvgIpc) is 3.39. The van der Waals surface area contributed by atoms with Crippen LogP contribution in [0.3, 0.4) is 0 Å². The van der Waals surface area contributed by atoms with Gasteiger partial charge >= 0.3 is 6.61 Å². The van der Waals surface area contributed by atoms with Gasteiger partial charge < -0.3 is 18.8 Å². The van der Waals surface area contributed by atoms with Crippen molar-refractivity contribution in [2.24, 2.45) is 13.0 Å². The number of aryl methyl sites for hydroxylation is 1. The highest BCUT2D eigenvalue weighted by molar-refractivity contribution is 6.02. The summed E-state index contributed by atoms with van der Waals surface area (Å²) >= 11 is 0. The first-order valence-electron chi connectivity index (χ1n) is 11.2. The number of aromatic nitrogens is 4. The number of fused-ring (bicyclic) bond motifs is 1. The van der Waals surface area contributed by atoms with E-state index in [2.05, 4.69) is 9.97 Å². The summed E-state index contributed by atoms with van der Waals surface area (Å²) in [5, 5.41) is 0. The molecule has 182 valence electrons. The predicted molar refractivity (Wildman–Crippen MR) is 123 cm³/mol. The van der Waals surface area contributed by atoms with E-state index in [-0.39, 0.29) is 29.3 Å². The van der Waals surface area contributed by atoms with Crippen molar-refractivity contribution in [1.29, 1.82) is 0 Å². The highest BCUT2D eigenvalue weighted by Gasteiger charge is 2.29. The van der Waals surface area contributed by atoms with Crippen LogP contribution in [0.4, 0.5) is 8.78 Å². The van der Waals surface area contributed by atoms with E-state index in [4.69, 9.17) is 14.2 Å². The van der Waals surface area contributed by atoms with E-state index in [0.29, 0.717) is 35.2 Å². The molecule has 0 aliphatic heterocycles. The molecule has 3 aromatic heterocycles. The van der Waals surface area contributed by atoms with Crippen LogP contribution in [0, 0.1) is 5.92 Å². The quantitative estimate of drug-likeness (QED) is 0.299. The van der Waals surface area contributed by atoms with Gasteiger partial charge in [-0.2, -0.15) is 8.78 Å². The number of ether oxygens (including phenoxy) is 3. The lowest BCUT2D eigenvalue weighted by Crippen LogP contribution is -2.11. The average molecular weight is 482 g/mol. The van der Waals surface area contributed by atoms with Gasteiger partial charge in [-0.1, -0.05) is 0 Å². The van der Waals surface area contributed by atoms with Crippen LogP contribution < -0.4 is 14.2 Å². The first-order chi connectivity index (χ1) is 16.9. The lowest BCUT2D eigenvalue weighted by atomic mass is 10.00. The number of imidazole rings is 2. The number of rotatable bonds is 10. The van der Waals surface area contributed by atoms with Gasteiger partial charge in [-0.3, -0.25) is 9.20 Å². The van der Waals surface area contributed by atoms with Crippen LogP contribution in [0.25, 0.3) is 16.9 Å². The Bertz CT molecular complexity index is 1380. The number of benzene rings is 1. The van der Waals surface area contributed by atoms with E-state index in [1.807, 2.05) is 17.8 Å². The first kappa shape index (κ1) is 22.8. The van der Waals surface area contributed by atoms with Crippen molar-refractivity contribution in [2.75, 3.05) is 7.11 Å². The predicted octanol–water partition coefficient (Wildman–Crippen LogP) is 4.91. The third-order valence-corrected chi connectivity index (χ3v) is 6.02. The summed E-state index contributed by atoms with van der Waals surface area (Å²) in [5.74, 6) is 1.40. The van der Waals surface area contributed by atoms with E-state index in [1.54, 1.807) is 41.2 Å². The van der Waals surface area contributed by atoms with Gasteiger partial charge in [0.1, 0.15) is 40.9 Å². The number of alkyl halides is 2. The standard InChI is InChI=1S/C25H24F2N4O4/c1-30-8-6-28-23(30)14-34-17-5-7-31-18(13-29-22(31)12-17)16-10-20(33-2)24(19(32)9-15-3-4-15)21(11-16)35-25(26)27/h5-8,10-13,15,25H,3-4,9,14H2,1-2H3. The van der Waals surface area contributed by atoms with Gasteiger partial charge in [-0.05, 0) is 37.0 Å². The highest BCUT2D eigenvalue weighted by Crippen LogP contribution is 2.40. The molecular weight excluding hydrogens is 458 g/mol. The second-order valence-corrected chi connectivity index (χ2v) is 8.48. The normalized spacial score (nSPS) is 13.4. The number of pyridine rings is 1. The van der Waals surface area contributed by atoms with E-state index in [1.165, 1.54) is 13.2 Å². The minimum atomic E-state index is -3.08. The summed E-state index contributed by atoms with van der Waals surface area (Å²) in [6.07, 6.45) is 9.15. The molecule has 0 amide bonds. The number of methoxy groups -OCH3 is 1. The molecule has 10 heteroatoms. The highest BCUT2D eigenvalue weighted by atomic mass is 19.3. The van der Waals surface area contributed by atoms with E-state index < -0.39 is 6.61 Å². The third kappa shape index (κ3) is 4.82. The molecule has 5 rings (SSSR count). The lowest BCUT2D eigenvalue weighted by molar-refractivity contribution is -0.0502. The van der Waals surface area contributed by atoms with Crippen molar-refractivity contribution >= 4 is 11.4 Å². The number of hydrogen-bond donors (Lipinski definition) is 0. The second-order valence-electron chi connectivity index (χ2n) is 8.48. The van der Waals surface area contributed by atoms with Crippen molar-refractivity contribution in [3.63, 3.8) is 0 Å². The fourth-order valence-electron chi connectivity index (χ4n) is 4.00. The number of carbonyl (C=O) groups is 1. The Labute approximate surface area is 200 Å². The van der Waals surface area contributed by atoms with E-state index >= 15 is 0 Å². The van der Waals surface area contributed by atoms with Crippen molar-refractivity contribution < 1.29 is 27.8 Å². The zero-order chi connectivity index (χ0) is 24.5. The molecule has 1 aliphatic rings. The van der Waals surface area contributed by atoms with E-state index in [0.717, 1.165) is 18.7 Å². The molecule has 3 heterocycles. The topological polar surface area (TPSA) is 79.9 Å². The zero-order valence-electron chi connectivity index (χ0n) is 19.3. The summed E-state index contributed by atoms with van der Waals surface area (Å²) < 4.78 is 46.2. The minimum Gasteiger partial charge on any atom is -0.496 e. The lowest BCUT2D eigenvalue weighted by Gasteiger charge is -2.16. The molecule has 1 fully saturated rings. The molecule has 35 heavy (non-hydrogen) atoms. The monoisotopic (exact) mass is 482 g/mol. The SMILES string of the molecule is COc1cc(-c2cnc3cc(OCc4nccn4C)ccn23)cc(OC(F)F)c1C(=O)CC1CC1. The number of nitrogens with zero attached hydrogens (tertiary/aromatic N) is 4. The van der Waals surface area contributed by atoms with Gasteiger partial charge in [0.25, 0.3) is 0 Å². The van der Waals surface area contributed by atoms with Gasteiger partial charge in [0.2, 0.25) is 0 Å². The molecule has 0 unspecified atom stereocenters. The maximum Gasteiger partial charge on any atom is 0.387 e. The summed E-state index contributed by atoms with van der Waals surface area (Å²) in [5.41, 5.74) is 1.78. The molecule has 1 aliphatic carbocycles. The maximum absolute atomic E-state index is 13.2. The Morgan fingerprint density at radius 2 is 1.97 bits per heavy atom. The van der Waals surface area contributed by atoms with Crippen molar-refractivity contribution in [1.82, 2.24) is 18.9 Å². The number of ketones is 1. The molecule has 1 saturated carbocycles. The van der Waals surface area contributed by atoms with Gasteiger partial charge in [0.05, 0.1) is 19.0 Å². The van der Waals surface area contributed by atoms with Crippen molar-refractivity contribution in [3.05, 3.63) is 60.4 Å². The van der Waals surface area contributed by atoms with Gasteiger partial charge in [-0.15, -0.1) is 0 Å². The Morgan fingerprint density at radius 3 is 2.66 bits per heavy atom. The molecule has 0 saturated heterocycles. The smallest absolute Gasteiger partial charge is 0.387 e. The van der Waals surface area contributed by atoms with Gasteiger partial charge in [-0.25, -0.2) is 9.97 Å². The summed E-state index contributed by atoms with van der Waals surface area (Å²) in [7, 11) is 3.29. The molecule has 0 N–H and O–H groups in total. The zero-order valence-corrected chi connectivity index (χ0v) is 19.3. The largest absolute Gasteiger partial charge is 0.496 e. The summed E-state index contributed by atoms with van der Waals surface area (Å²) in [6, 6.07) is 6.63. The van der Waals surface area contributed by atoms with Gasteiger partial charge in [0.15, 0.2) is 5.78 Å². The van der Waals surface area contributed by atoms with Crippen LogP contribution >= 0.6 is 0 Å². The van der Waals surface area contributed by atoms with Crippen LogP contribution in [-0.2, 0) is 13.7 Å².